The van der Waals surface area contributed by atoms with Crippen molar-refractivity contribution in [2.45, 2.75) is 19.9 Å². The Kier molecular flexibility index (Phi) is 2.59. The SMILES string of the molecule is Cc1n[nH]nc1C(=O)N1CCc2ccccc2C1. The molecule has 0 atom stereocenters. The lowest BCUT2D eigenvalue weighted by molar-refractivity contribution is 0.0728. The van der Waals surface area contributed by atoms with Gasteiger partial charge in [-0.2, -0.15) is 15.4 Å². The van der Waals surface area contributed by atoms with Crippen LogP contribution in [-0.4, -0.2) is 32.8 Å². The third-order valence-electron chi connectivity index (χ3n) is 3.34. The molecule has 0 bridgehead atoms. The van der Waals surface area contributed by atoms with Gasteiger partial charge in [0.15, 0.2) is 5.69 Å². The molecular formula is C13H14N4O. The van der Waals surface area contributed by atoms with E-state index >= 15 is 0 Å². The first-order valence-corrected chi connectivity index (χ1v) is 5.99. The fourth-order valence-electron chi connectivity index (χ4n) is 2.31. The first-order chi connectivity index (χ1) is 8.75. The number of hydrogen-bond acceptors (Lipinski definition) is 3. The van der Waals surface area contributed by atoms with E-state index in [1.807, 2.05) is 17.0 Å². The summed E-state index contributed by atoms with van der Waals surface area (Å²) >= 11 is 0. The number of hydrogen-bond donors (Lipinski definition) is 1. The Balaban J connectivity index is 1.84. The monoisotopic (exact) mass is 242 g/mol. The molecule has 0 saturated heterocycles. The predicted octanol–water partition coefficient (Wildman–Crippen LogP) is 1.31. The number of nitrogens with zero attached hydrogens (tertiary/aromatic N) is 3. The normalized spacial score (nSPS) is 14.4. The summed E-state index contributed by atoms with van der Waals surface area (Å²) in [7, 11) is 0. The third kappa shape index (κ3) is 1.77. The zero-order valence-corrected chi connectivity index (χ0v) is 10.2. The summed E-state index contributed by atoms with van der Waals surface area (Å²) in [5, 5.41) is 10.3. The van der Waals surface area contributed by atoms with Crippen LogP contribution >= 0.6 is 0 Å². The summed E-state index contributed by atoms with van der Waals surface area (Å²) in [5.41, 5.74) is 3.63. The standard InChI is InChI=1S/C13H14N4O/c1-9-12(15-16-14-9)13(18)17-7-6-10-4-2-3-5-11(10)8-17/h2-5H,6-8H2,1H3,(H,14,15,16). The molecule has 1 aromatic heterocycles. The van der Waals surface area contributed by atoms with E-state index in [1.54, 1.807) is 6.92 Å². The lowest BCUT2D eigenvalue weighted by atomic mass is 10.00. The Bertz CT molecular complexity index is 590. The van der Waals surface area contributed by atoms with Gasteiger partial charge in [-0.15, -0.1) is 0 Å². The number of H-pyrrole nitrogens is 1. The van der Waals surface area contributed by atoms with Gasteiger partial charge in [-0.05, 0) is 24.5 Å². The molecule has 2 aromatic rings. The second-order valence-corrected chi connectivity index (χ2v) is 4.50. The minimum absolute atomic E-state index is 0.0456. The number of nitrogens with one attached hydrogen (secondary N) is 1. The maximum Gasteiger partial charge on any atom is 0.276 e. The van der Waals surface area contributed by atoms with Crippen LogP contribution in [0.15, 0.2) is 24.3 Å². The van der Waals surface area contributed by atoms with Crippen molar-refractivity contribution in [3.8, 4) is 0 Å². The van der Waals surface area contributed by atoms with Crippen LogP contribution in [0.5, 0.6) is 0 Å². The van der Waals surface area contributed by atoms with Gasteiger partial charge >= 0.3 is 0 Å². The maximum absolute atomic E-state index is 12.3. The van der Waals surface area contributed by atoms with Crippen molar-refractivity contribution < 1.29 is 4.79 Å². The van der Waals surface area contributed by atoms with Crippen LogP contribution in [0.4, 0.5) is 0 Å². The summed E-state index contributed by atoms with van der Waals surface area (Å²) in [5.74, 6) is -0.0456. The number of carbonyl (C=O) groups is 1. The highest BCUT2D eigenvalue weighted by Crippen LogP contribution is 2.20. The summed E-state index contributed by atoms with van der Waals surface area (Å²) in [6, 6.07) is 8.25. The van der Waals surface area contributed by atoms with Crippen molar-refractivity contribution in [3.63, 3.8) is 0 Å². The smallest absolute Gasteiger partial charge is 0.276 e. The van der Waals surface area contributed by atoms with Crippen LogP contribution in [0.25, 0.3) is 0 Å². The van der Waals surface area contributed by atoms with E-state index in [0.29, 0.717) is 17.9 Å². The van der Waals surface area contributed by atoms with E-state index in [9.17, 15) is 4.79 Å². The van der Waals surface area contributed by atoms with Crippen LogP contribution in [0.1, 0.15) is 27.3 Å². The average Bonchev–Trinajstić information content (AvgIpc) is 2.83. The van der Waals surface area contributed by atoms with Gasteiger partial charge in [0.1, 0.15) is 0 Å². The molecule has 5 heteroatoms. The van der Waals surface area contributed by atoms with E-state index in [-0.39, 0.29) is 5.91 Å². The molecule has 92 valence electrons. The van der Waals surface area contributed by atoms with Crippen molar-refractivity contribution in [1.29, 1.82) is 0 Å². The summed E-state index contributed by atoms with van der Waals surface area (Å²) in [6.07, 6.45) is 0.902. The Morgan fingerprint density at radius 2 is 2.06 bits per heavy atom. The van der Waals surface area contributed by atoms with Gasteiger partial charge in [-0.1, -0.05) is 24.3 Å². The number of amides is 1. The molecule has 1 N–H and O–H groups in total. The summed E-state index contributed by atoms with van der Waals surface area (Å²) in [6.45, 7) is 3.18. The third-order valence-corrected chi connectivity index (χ3v) is 3.34. The van der Waals surface area contributed by atoms with E-state index in [4.69, 9.17) is 0 Å². The first-order valence-electron chi connectivity index (χ1n) is 5.99. The zero-order valence-electron chi connectivity index (χ0n) is 10.2. The molecule has 1 aliphatic heterocycles. The number of aromatic nitrogens is 3. The van der Waals surface area contributed by atoms with Crippen LogP contribution in [0, 0.1) is 6.92 Å². The highest BCUT2D eigenvalue weighted by Gasteiger charge is 2.24. The second kappa shape index (κ2) is 4.25. The first kappa shape index (κ1) is 11.0. The fraction of sp³-hybridized carbons (Fsp3) is 0.308. The van der Waals surface area contributed by atoms with Crippen molar-refractivity contribution >= 4 is 5.91 Å². The summed E-state index contributed by atoms with van der Waals surface area (Å²) in [4.78, 5) is 14.1. The lowest BCUT2D eigenvalue weighted by Gasteiger charge is -2.28. The Morgan fingerprint density at radius 1 is 1.28 bits per heavy atom. The molecule has 0 unspecified atom stereocenters. The van der Waals surface area contributed by atoms with Gasteiger partial charge in [0.25, 0.3) is 5.91 Å². The van der Waals surface area contributed by atoms with E-state index in [0.717, 1.165) is 13.0 Å². The van der Waals surface area contributed by atoms with Gasteiger partial charge in [0, 0.05) is 13.1 Å². The molecule has 5 nitrogen and oxygen atoms in total. The Labute approximate surface area is 105 Å². The maximum atomic E-state index is 12.3. The number of fused-ring (bicyclic) bond motifs is 1. The van der Waals surface area contributed by atoms with Gasteiger partial charge in [0.05, 0.1) is 5.69 Å². The van der Waals surface area contributed by atoms with Crippen LogP contribution in [0.2, 0.25) is 0 Å². The van der Waals surface area contributed by atoms with Crippen LogP contribution in [0.3, 0.4) is 0 Å². The topological polar surface area (TPSA) is 61.9 Å². The molecule has 0 aliphatic carbocycles. The average molecular weight is 242 g/mol. The Hall–Kier alpha value is -2.17. The van der Waals surface area contributed by atoms with Crippen molar-refractivity contribution in [3.05, 3.63) is 46.8 Å². The van der Waals surface area contributed by atoms with Gasteiger partial charge in [0.2, 0.25) is 0 Å². The number of rotatable bonds is 1. The molecule has 3 rings (SSSR count). The molecule has 1 aromatic carbocycles. The number of aromatic amines is 1. The Morgan fingerprint density at radius 3 is 2.78 bits per heavy atom. The number of carbonyl (C=O) groups excluding carboxylic acids is 1. The van der Waals surface area contributed by atoms with E-state index < -0.39 is 0 Å². The van der Waals surface area contributed by atoms with Crippen molar-refractivity contribution in [1.82, 2.24) is 20.3 Å². The van der Waals surface area contributed by atoms with Gasteiger partial charge in [-0.25, -0.2) is 0 Å². The molecule has 0 radical (unpaired) electrons. The van der Waals surface area contributed by atoms with Crippen LogP contribution in [-0.2, 0) is 13.0 Å². The van der Waals surface area contributed by atoms with Crippen LogP contribution < -0.4 is 0 Å². The molecule has 18 heavy (non-hydrogen) atoms. The van der Waals surface area contributed by atoms with Crippen molar-refractivity contribution in [2.24, 2.45) is 0 Å². The van der Waals surface area contributed by atoms with Gasteiger partial charge in [-0.3, -0.25) is 4.79 Å². The highest BCUT2D eigenvalue weighted by atomic mass is 16.2. The molecule has 0 saturated carbocycles. The predicted molar refractivity (Wildman–Crippen MR) is 66.0 cm³/mol. The fourth-order valence-corrected chi connectivity index (χ4v) is 2.31. The quantitative estimate of drug-likeness (QED) is 0.820. The lowest BCUT2D eigenvalue weighted by Crippen LogP contribution is -2.36. The molecule has 1 amide bonds. The molecule has 0 spiro atoms. The number of benzene rings is 1. The molecule has 1 aliphatic rings. The highest BCUT2D eigenvalue weighted by molar-refractivity contribution is 5.93. The van der Waals surface area contributed by atoms with Crippen molar-refractivity contribution in [2.75, 3.05) is 6.54 Å². The largest absolute Gasteiger partial charge is 0.333 e. The van der Waals surface area contributed by atoms with E-state index in [1.165, 1.54) is 11.1 Å². The van der Waals surface area contributed by atoms with Gasteiger partial charge < -0.3 is 4.90 Å². The molecular weight excluding hydrogens is 228 g/mol. The van der Waals surface area contributed by atoms with E-state index in [2.05, 4.69) is 27.5 Å². The summed E-state index contributed by atoms with van der Waals surface area (Å²) < 4.78 is 0. The minimum Gasteiger partial charge on any atom is -0.333 e. The minimum atomic E-state index is -0.0456. The zero-order chi connectivity index (χ0) is 12.5. The second-order valence-electron chi connectivity index (χ2n) is 4.50. The molecule has 0 fully saturated rings. The number of aryl methyl sites for hydroxylation is 1. The molecule has 2 heterocycles.